The molecule has 1 aliphatic carbocycles. The van der Waals surface area contributed by atoms with Crippen LogP contribution < -0.4 is 11.1 Å². The van der Waals surface area contributed by atoms with E-state index >= 15 is 0 Å². The number of carbonyl (C=O) groups is 2. The average molecular weight is 492 g/mol. The summed E-state index contributed by atoms with van der Waals surface area (Å²) in [5, 5.41) is 2.43. The zero-order valence-electron chi connectivity index (χ0n) is 17.9. The molecule has 1 aliphatic rings. The summed E-state index contributed by atoms with van der Waals surface area (Å²) in [6, 6.07) is 14.0. The van der Waals surface area contributed by atoms with E-state index in [2.05, 4.69) is 5.32 Å². The van der Waals surface area contributed by atoms with E-state index in [0.717, 1.165) is 22.3 Å². The monoisotopic (exact) mass is 492 g/mol. The van der Waals surface area contributed by atoms with Crippen LogP contribution in [0, 0.1) is 0 Å². The number of hydrogen-bond acceptors (Lipinski definition) is 2. The zero-order valence-corrected chi connectivity index (χ0v) is 17.9. The molecule has 0 spiro atoms. The fourth-order valence-corrected chi connectivity index (χ4v) is 4.40. The molecule has 4 nitrogen and oxygen atoms in total. The largest absolute Gasteiger partial charge is 0.416 e. The van der Waals surface area contributed by atoms with Gasteiger partial charge in [-0.2, -0.15) is 26.3 Å². The highest BCUT2D eigenvalue weighted by Gasteiger charge is 2.39. The molecule has 182 valence electrons. The van der Waals surface area contributed by atoms with Crippen molar-refractivity contribution in [3.63, 3.8) is 0 Å². The van der Waals surface area contributed by atoms with Crippen molar-refractivity contribution in [3.05, 3.63) is 94.5 Å². The number of halogens is 6. The van der Waals surface area contributed by atoms with Gasteiger partial charge in [0.25, 0.3) is 0 Å². The van der Waals surface area contributed by atoms with Crippen LogP contribution in [0.3, 0.4) is 0 Å². The van der Waals surface area contributed by atoms with E-state index in [9.17, 15) is 35.9 Å². The number of amides is 2. The van der Waals surface area contributed by atoms with Crippen molar-refractivity contribution in [1.29, 1.82) is 0 Å². The van der Waals surface area contributed by atoms with Crippen molar-refractivity contribution >= 4 is 11.8 Å². The molecule has 0 bridgehead atoms. The summed E-state index contributed by atoms with van der Waals surface area (Å²) >= 11 is 0. The first-order valence-corrected chi connectivity index (χ1v) is 10.4. The molecular weight excluding hydrogens is 474 g/mol. The number of fused-ring (bicyclic) bond motifs is 3. The third-order valence-electron chi connectivity index (χ3n) is 5.85. The van der Waals surface area contributed by atoms with Crippen molar-refractivity contribution in [2.24, 2.45) is 5.73 Å². The molecule has 0 aliphatic heterocycles. The van der Waals surface area contributed by atoms with Crippen LogP contribution in [0.4, 0.5) is 26.3 Å². The smallest absolute Gasteiger partial charge is 0.368 e. The van der Waals surface area contributed by atoms with E-state index in [4.69, 9.17) is 5.73 Å². The maximum Gasteiger partial charge on any atom is 0.416 e. The topological polar surface area (TPSA) is 72.2 Å². The molecule has 2 amide bonds. The summed E-state index contributed by atoms with van der Waals surface area (Å²) < 4.78 is 78.9. The number of primary amides is 1. The van der Waals surface area contributed by atoms with Gasteiger partial charge >= 0.3 is 12.4 Å². The minimum absolute atomic E-state index is 0.0139. The Balaban J connectivity index is 1.65. The number of benzene rings is 3. The molecule has 3 aromatic carbocycles. The Morgan fingerprint density at radius 3 is 1.69 bits per heavy atom. The number of hydrogen-bond donors (Lipinski definition) is 2. The highest BCUT2D eigenvalue weighted by Crippen LogP contribution is 2.46. The Kier molecular flexibility index (Phi) is 6.08. The van der Waals surface area contributed by atoms with Gasteiger partial charge in [-0.3, -0.25) is 9.59 Å². The molecule has 0 aromatic heterocycles. The maximum absolute atomic E-state index is 13.1. The van der Waals surface area contributed by atoms with Gasteiger partial charge in [0, 0.05) is 5.92 Å². The molecular formula is C25H18F6N2O2. The van der Waals surface area contributed by atoms with E-state index < -0.39 is 59.2 Å². The van der Waals surface area contributed by atoms with Crippen LogP contribution in [-0.2, 0) is 28.4 Å². The summed E-state index contributed by atoms with van der Waals surface area (Å²) in [5.41, 5.74) is 5.14. The fourth-order valence-electron chi connectivity index (χ4n) is 4.40. The second kappa shape index (κ2) is 8.75. The summed E-state index contributed by atoms with van der Waals surface area (Å²) in [5.74, 6) is -2.51. The van der Waals surface area contributed by atoms with Gasteiger partial charge in [-0.05, 0) is 46.0 Å². The Morgan fingerprint density at radius 2 is 1.26 bits per heavy atom. The predicted molar refractivity (Wildman–Crippen MR) is 115 cm³/mol. The lowest BCUT2D eigenvalue weighted by atomic mass is 9.88. The van der Waals surface area contributed by atoms with E-state index in [1.807, 2.05) is 24.3 Å². The Morgan fingerprint density at radius 1 is 0.800 bits per heavy atom. The van der Waals surface area contributed by atoms with Crippen molar-refractivity contribution in [2.45, 2.75) is 30.7 Å². The van der Waals surface area contributed by atoms with Crippen molar-refractivity contribution < 1.29 is 35.9 Å². The number of alkyl halides is 6. The van der Waals surface area contributed by atoms with Gasteiger partial charge in [0.05, 0.1) is 17.5 Å². The summed E-state index contributed by atoms with van der Waals surface area (Å²) in [6.07, 6.45) is -10.9. The predicted octanol–water partition coefficient (Wildman–Crippen LogP) is 5.05. The van der Waals surface area contributed by atoms with Gasteiger partial charge in [0.2, 0.25) is 11.8 Å². The molecule has 3 aromatic rings. The summed E-state index contributed by atoms with van der Waals surface area (Å²) in [6.45, 7) is 0. The summed E-state index contributed by atoms with van der Waals surface area (Å²) in [4.78, 5) is 25.1. The minimum atomic E-state index is -5.04. The van der Waals surface area contributed by atoms with Crippen LogP contribution in [0.1, 0.15) is 33.7 Å². The first-order chi connectivity index (χ1) is 16.4. The first kappa shape index (κ1) is 24.3. The Labute approximate surface area is 195 Å². The molecule has 1 atom stereocenters. The minimum Gasteiger partial charge on any atom is -0.368 e. The van der Waals surface area contributed by atoms with E-state index in [1.54, 1.807) is 24.3 Å². The number of nitrogens with two attached hydrogens (primary N) is 1. The van der Waals surface area contributed by atoms with Crippen LogP contribution >= 0.6 is 0 Å². The zero-order chi connectivity index (χ0) is 25.5. The molecule has 0 fully saturated rings. The maximum atomic E-state index is 13.1. The lowest BCUT2D eigenvalue weighted by Gasteiger charge is -2.24. The Bertz CT molecular complexity index is 1220. The third-order valence-corrected chi connectivity index (χ3v) is 5.85. The fraction of sp³-hybridized carbons (Fsp3) is 0.200. The standard InChI is InChI=1S/C25H18F6N2O2/c26-24(27,28)14-9-13(10-15(12-14)25(29,30)31)11-20(34)33-22(23(32)35)21-18-7-3-1-5-16(18)17-6-2-4-8-19(17)21/h1-10,12,21-22H,11H2,(H2,32,35)(H,33,34)/t22-/m1/s1. The van der Waals surface area contributed by atoms with E-state index in [0.29, 0.717) is 12.1 Å². The second-order valence-corrected chi connectivity index (χ2v) is 8.19. The number of carbonyl (C=O) groups excluding carboxylic acids is 2. The van der Waals surface area contributed by atoms with Crippen LogP contribution in [-0.4, -0.2) is 17.9 Å². The van der Waals surface area contributed by atoms with Crippen LogP contribution in [0.5, 0.6) is 0 Å². The molecule has 0 radical (unpaired) electrons. The number of nitrogens with one attached hydrogen (secondary N) is 1. The van der Waals surface area contributed by atoms with Crippen molar-refractivity contribution in [3.8, 4) is 11.1 Å². The van der Waals surface area contributed by atoms with Crippen LogP contribution in [0.25, 0.3) is 11.1 Å². The van der Waals surface area contributed by atoms with Crippen LogP contribution in [0.15, 0.2) is 66.7 Å². The lowest BCUT2D eigenvalue weighted by molar-refractivity contribution is -0.143. The van der Waals surface area contributed by atoms with Crippen molar-refractivity contribution in [1.82, 2.24) is 5.32 Å². The Hall–Kier alpha value is -3.82. The molecule has 3 N–H and O–H groups in total. The van der Waals surface area contributed by atoms with Gasteiger partial charge < -0.3 is 11.1 Å². The third kappa shape index (κ3) is 4.87. The van der Waals surface area contributed by atoms with Crippen LogP contribution in [0.2, 0.25) is 0 Å². The normalized spacial score (nSPS) is 14.2. The molecule has 0 unspecified atom stereocenters. The lowest BCUT2D eigenvalue weighted by Crippen LogP contribution is -2.48. The van der Waals surface area contributed by atoms with Gasteiger partial charge in [0.15, 0.2) is 0 Å². The van der Waals surface area contributed by atoms with E-state index in [-0.39, 0.29) is 6.07 Å². The number of rotatable bonds is 5. The molecule has 10 heteroatoms. The molecule has 4 rings (SSSR count). The highest BCUT2D eigenvalue weighted by molar-refractivity contribution is 5.91. The summed E-state index contributed by atoms with van der Waals surface area (Å²) in [7, 11) is 0. The highest BCUT2D eigenvalue weighted by atomic mass is 19.4. The SMILES string of the molecule is NC(=O)[C@H](NC(=O)Cc1cc(C(F)(F)F)cc(C(F)(F)F)c1)C1c2ccccc2-c2ccccc21. The second-order valence-electron chi connectivity index (χ2n) is 8.19. The quantitative estimate of drug-likeness (QED) is 0.490. The van der Waals surface area contributed by atoms with Gasteiger partial charge in [-0.25, -0.2) is 0 Å². The van der Waals surface area contributed by atoms with Gasteiger partial charge in [-0.15, -0.1) is 0 Å². The molecule has 0 saturated carbocycles. The van der Waals surface area contributed by atoms with Gasteiger partial charge in [-0.1, -0.05) is 48.5 Å². The van der Waals surface area contributed by atoms with Gasteiger partial charge in [0.1, 0.15) is 6.04 Å². The first-order valence-electron chi connectivity index (χ1n) is 10.4. The van der Waals surface area contributed by atoms with E-state index in [1.165, 1.54) is 0 Å². The van der Waals surface area contributed by atoms with Crippen molar-refractivity contribution in [2.75, 3.05) is 0 Å². The average Bonchev–Trinajstić information content (AvgIpc) is 3.10. The molecule has 0 heterocycles. The molecule has 35 heavy (non-hydrogen) atoms. The molecule has 0 saturated heterocycles.